The molecule has 1 aliphatic rings. The van der Waals surface area contributed by atoms with Crippen LogP contribution in [0.4, 0.5) is 5.69 Å². The standard InChI is InChI=1S/C14H21NO6/c1-2-20-9-5-3-8(4-6-9)15-14-13(19)12(18)11(17)10(7-16)21-14/h3-6,10-19H,2,7H2,1H3/t10-,11+,12+,13-,14+/m0/s1. The predicted octanol–water partition coefficient (Wildman–Crippen LogP) is -0.703. The maximum atomic E-state index is 9.92. The van der Waals surface area contributed by atoms with Gasteiger partial charge in [-0.15, -0.1) is 0 Å². The monoisotopic (exact) mass is 299 g/mol. The average molecular weight is 299 g/mol. The number of hydrogen-bond donors (Lipinski definition) is 5. The first-order valence-electron chi connectivity index (χ1n) is 6.86. The number of benzene rings is 1. The molecule has 5 atom stereocenters. The minimum Gasteiger partial charge on any atom is -0.494 e. The molecule has 21 heavy (non-hydrogen) atoms. The first-order valence-corrected chi connectivity index (χ1v) is 6.86. The molecule has 1 aromatic carbocycles. The SMILES string of the molecule is CCOc1ccc(N[C@@H]2O[C@@H](CO)[C@@H](O)[C@@H](O)[C@@H]2O)cc1. The van der Waals surface area contributed by atoms with Crippen LogP contribution in [0.3, 0.4) is 0 Å². The molecule has 0 aliphatic carbocycles. The highest BCUT2D eigenvalue weighted by atomic mass is 16.6. The van der Waals surface area contributed by atoms with Crippen molar-refractivity contribution < 1.29 is 29.9 Å². The summed E-state index contributed by atoms with van der Waals surface area (Å²) in [6.07, 6.45) is -5.92. The van der Waals surface area contributed by atoms with Crippen molar-refractivity contribution in [1.29, 1.82) is 0 Å². The lowest BCUT2D eigenvalue weighted by molar-refractivity contribution is -0.221. The molecule has 0 bridgehead atoms. The number of anilines is 1. The van der Waals surface area contributed by atoms with Gasteiger partial charge in [0.05, 0.1) is 13.2 Å². The molecule has 0 amide bonds. The number of aliphatic hydroxyl groups excluding tert-OH is 4. The molecule has 0 aromatic heterocycles. The molecular weight excluding hydrogens is 278 g/mol. The van der Waals surface area contributed by atoms with Crippen LogP contribution in [0.25, 0.3) is 0 Å². The fraction of sp³-hybridized carbons (Fsp3) is 0.571. The summed E-state index contributed by atoms with van der Waals surface area (Å²) in [7, 11) is 0. The van der Waals surface area contributed by atoms with E-state index in [0.717, 1.165) is 5.75 Å². The second-order valence-corrected chi connectivity index (χ2v) is 4.85. The molecule has 1 saturated heterocycles. The summed E-state index contributed by atoms with van der Waals surface area (Å²) in [6.45, 7) is 2.01. The van der Waals surface area contributed by atoms with E-state index in [1.165, 1.54) is 0 Å². The molecule has 5 N–H and O–H groups in total. The quantitative estimate of drug-likeness (QED) is 0.489. The van der Waals surface area contributed by atoms with Crippen molar-refractivity contribution in [3.05, 3.63) is 24.3 Å². The Bertz CT molecular complexity index is 438. The maximum Gasteiger partial charge on any atom is 0.157 e. The van der Waals surface area contributed by atoms with Gasteiger partial charge in [0.25, 0.3) is 0 Å². The van der Waals surface area contributed by atoms with Crippen molar-refractivity contribution in [3.8, 4) is 5.75 Å². The second-order valence-electron chi connectivity index (χ2n) is 4.85. The zero-order valence-corrected chi connectivity index (χ0v) is 11.7. The van der Waals surface area contributed by atoms with E-state index in [2.05, 4.69) is 5.32 Å². The lowest BCUT2D eigenvalue weighted by atomic mass is 9.98. The van der Waals surface area contributed by atoms with E-state index in [1.807, 2.05) is 6.92 Å². The largest absolute Gasteiger partial charge is 0.494 e. The van der Waals surface area contributed by atoms with Crippen LogP contribution in [0.5, 0.6) is 5.75 Å². The van der Waals surface area contributed by atoms with Gasteiger partial charge in [0, 0.05) is 5.69 Å². The predicted molar refractivity (Wildman–Crippen MR) is 75.0 cm³/mol. The Labute approximate surface area is 122 Å². The van der Waals surface area contributed by atoms with Gasteiger partial charge in [0.1, 0.15) is 30.2 Å². The number of nitrogens with one attached hydrogen (secondary N) is 1. The van der Waals surface area contributed by atoms with Crippen molar-refractivity contribution in [1.82, 2.24) is 0 Å². The van der Waals surface area contributed by atoms with E-state index in [4.69, 9.17) is 14.6 Å². The number of aliphatic hydroxyl groups is 4. The third-order valence-electron chi connectivity index (χ3n) is 3.37. The maximum absolute atomic E-state index is 9.92. The zero-order valence-electron chi connectivity index (χ0n) is 11.7. The minimum absolute atomic E-state index is 0.452. The van der Waals surface area contributed by atoms with Crippen molar-refractivity contribution in [2.24, 2.45) is 0 Å². The van der Waals surface area contributed by atoms with E-state index >= 15 is 0 Å². The Kier molecular flexibility index (Phi) is 5.38. The summed E-state index contributed by atoms with van der Waals surface area (Å²) in [5, 5.41) is 41.4. The first-order chi connectivity index (χ1) is 10.1. The summed E-state index contributed by atoms with van der Waals surface area (Å²) in [6, 6.07) is 7.00. The van der Waals surface area contributed by atoms with Crippen molar-refractivity contribution in [2.75, 3.05) is 18.5 Å². The lowest BCUT2D eigenvalue weighted by Crippen LogP contribution is -2.60. The second kappa shape index (κ2) is 7.06. The Morgan fingerprint density at radius 1 is 1.10 bits per heavy atom. The average Bonchev–Trinajstić information content (AvgIpc) is 2.50. The fourth-order valence-corrected chi connectivity index (χ4v) is 2.20. The van der Waals surface area contributed by atoms with Crippen LogP contribution in [0.15, 0.2) is 24.3 Å². The highest BCUT2D eigenvalue weighted by molar-refractivity contribution is 5.47. The van der Waals surface area contributed by atoms with Crippen molar-refractivity contribution >= 4 is 5.69 Å². The summed E-state index contributed by atoms with van der Waals surface area (Å²) in [4.78, 5) is 0. The van der Waals surface area contributed by atoms with Gasteiger partial charge in [-0.3, -0.25) is 0 Å². The summed E-state index contributed by atoms with van der Waals surface area (Å²) in [5.41, 5.74) is 0.655. The minimum atomic E-state index is -1.39. The Hall–Kier alpha value is -1.38. The van der Waals surface area contributed by atoms with Gasteiger partial charge < -0.3 is 35.2 Å². The first kappa shape index (κ1) is 16.0. The van der Waals surface area contributed by atoms with Gasteiger partial charge in [-0.05, 0) is 31.2 Å². The molecule has 0 radical (unpaired) electrons. The van der Waals surface area contributed by atoms with Gasteiger partial charge >= 0.3 is 0 Å². The number of rotatable bonds is 5. The Morgan fingerprint density at radius 2 is 1.76 bits per heavy atom. The molecule has 0 unspecified atom stereocenters. The van der Waals surface area contributed by atoms with Crippen LogP contribution < -0.4 is 10.1 Å². The number of ether oxygens (including phenoxy) is 2. The van der Waals surface area contributed by atoms with Crippen LogP contribution in [0.2, 0.25) is 0 Å². The molecule has 1 fully saturated rings. The van der Waals surface area contributed by atoms with Gasteiger partial charge in [-0.2, -0.15) is 0 Å². The highest BCUT2D eigenvalue weighted by Crippen LogP contribution is 2.24. The molecule has 7 heteroatoms. The van der Waals surface area contributed by atoms with E-state index in [-0.39, 0.29) is 0 Å². The Balaban J connectivity index is 2.03. The van der Waals surface area contributed by atoms with E-state index in [0.29, 0.717) is 12.3 Å². The van der Waals surface area contributed by atoms with Gasteiger partial charge in [0.2, 0.25) is 0 Å². The molecule has 7 nitrogen and oxygen atoms in total. The third kappa shape index (κ3) is 3.63. The van der Waals surface area contributed by atoms with E-state index in [9.17, 15) is 15.3 Å². The number of hydrogen-bond acceptors (Lipinski definition) is 7. The fourth-order valence-electron chi connectivity index (χ4n) is 2.20. The summed E-state index contributed by atoms with van der Waals surface area (Å²) >= 11 is 0. The Morgan fingerprint density at radius 3 is 2.33 bits per heavy atom. The summed E-state index contributed by atoms with van der Waals surface area (Å²) < 4.78 is 10.7. The smallest absolute Gasteiger partial charge is 0.157 e. The normalized spacial score (nSPS) is 32.7. The zero-order chi connectivity index (χ0) is 15.4. The van der Waals surface area contributed by atoms with Crippen LogP contribution in [0, 0.1) is 0 Å². The highest BCUT2D eigenvalue weighted by Gasteiger charge is 2.43. The van der Waals surface area contributed by atoms with Crippen molar-refractivity contribution in [2.45, 2.75) is 37.6 Å². The van der Waals surface area contributed by atoms with Crippen LogP contribution in [-0.2, 0) is 4.74 Å². The van der Waals surface area contributed by atoms with Gasteiger partial charge in [0.15, 0.2) is 6.23 Å². The lowest BCUT2D eigenvalue weighted by Gasteiger charge is -2.40. The molecule has 1 aromatic rings. The van der Waals surface area contributed by atoms with E-state index < -0.39 is 37.3 Å². The molecule has 0 spiro atoms. The van der Waals surface area contributed by atoms with Crippen LogP contribution in [0.1, 0.15) is 6.92 Å². The third-order valence-corrected chi connectivity index (χ3v) is 3.37. The summed E-state index contributed by atoms with van der Waals surface area (Å²) in [5.74, 6) is 0.719. The van der Waals surface area contributed by atoms with Gasteiger partial charge in [-0.25, -0.2) is 0 Å². The molecular formula is C14H21NO6. The molecule has 118 valence electrons. The van der Waals surface area contributed by atoms with Gasteiger partial charge in [-0.1, -0.05) is 0 Å². The van der Waals surface area contributed by atoms with E-state index in [1.54, 1.807) is 24.3 Å². The molecule has 1 aliphatic heterocycles. The molecule has 2 rings (SSSR count). The topological polar surface area (TPSA) is 111 Å². The van der Waals surface area contributed by atoms with Crippen molar-refractivity contribution in [3.63, 3.8) is 0 Å². The molecule has 0 saturated carbocycles. The molecule has 1 heterocycles. The van der Waals surface area contributed by atoms with Crippen LogP contribution >= 0.6 is 0 Å². The van der Waals surface area contributed by atoms with Crippen LogP contribution in [-0.4, -0.2) is 64.3 Å².